The first-order chi connectivity index (χ1) is 8.27. The van der Waals surface area contributed by atoms with Crippen molar-refractivity contribution in [1.29, 1.82) is 0 Å². The third-order valence-electron chi connectivity index (χ3n) is 3.85. The quantitative estimate of drug-likeness (QED) is 0.798. The minimum atomic E-state index is -0.104. The van der Waals surface area contributed by atoms with Crippen LogP contribution in [-0.2, 0) is 4.74 Å². The van der Waals surface area contributed by atoms with Gasteiger partial charge in [-0.1, -0.05) is 30.3 Å². The Morgan fingerprint density at radius 1 is 1.35 bits per heavy atom. The maximum Gasteiger partial charge on any atom is 0.133 e. The largest absolute Gasteiger partial charge is 0.359 e. The smallest absolute Gasteiger partial charge is 0.133 e. The van der Waals surface area contributed by atoms with Crippen LogP contribution in [-0.4, -0.2) is 37.4 Å². The van der Waals surface area contributed by atoms with Crippen LogP contribution in [0.1, 0.15) is 24.4 Å². The highest BCUT2D eigenvalue weighted by molar-refractivity contribution is 5.20. The molecule has 1 N–H and O–H groups in total. The Balaban J connectivity index is 1.76. The average Bonchev–Trinajstić information content (AvgIpc) is 2.71. The predicted octanol–water partition coefficient (Wildman–Crippen LogP) is 1.77. The summed E-state index contributed by atoms with van der Waals surface area (Å²) in [5.74, 6) is 0. The number of likely N-dealkylation sites (N-methyl/N-ethyl adjacent to an activating group) is 1. The van der Waals surface area contributed by atoms with Crippen molar-refractivity contribution in [3.8, 4) is 0 Å². The zero-order valence-electron chi connectivity index (χ0n) is 10.4. The Bertz CT molecular complexity index is 377. The maximum atomic E-state index is 6.00. The number of benzene rings is 1. The first kappa shape index (κ1) is 11.2. The van der Waals surface area contributed by atoms with Crippen LogP contribution in [0.2, 0.25) is 0 Å². The van der Waals surface area contributed by atoms with Crippen LogP contribution < -0.4 is 5.32 Å². The van der Waals surface area contributed by atoms with Crippen molar-refractivity contribution >= 4 is 0 Å². The highest BCUT2D eigenvalue weighted by Gasteiger charge is 2.41. The van der Waals surface area contributed by atoms with E-state index in [0.717, 1.165) is 32.5 Å². The number of likely N-dealkylation sites (tertiary alicyclic amines) is 1. The fourth-order valence-corrected chi connectivity index (χ4v) is 2.94. The third-order valence-corrected chi connectivity index (χ3v) is 3.85. The number of nitrogens with one attached hydrogen (secondary N) is 1. The van der Waals surface area contributed by atoms with Gasteiger partial charge < -0.3 is 9.64 Å². The molecule has 92 valence electrons. The first-order valence-corrected chi connectivity index (χ1v) is 6.43. The summed E-state index contributed by atoms with van der Waals surface area (Å²) in [5, 5.41) is 3.71. The van der Waals surface area contributed by atoms with Gasteiger partial charge in [0.2, 0.25) is 0 Å². The molecule has 0 radical (unpaired) electrons. The summed E-state index contributed by atoms with van der Waals surface area (Å²) in [6, 6.07) is 11.1. The molecule has 2 saturated heterocycles. The Hall–Kier alpha value is -0.900. The molecule has 2 aliphatic heterocycles. The maximum absolute atomic E-state index is 6.00. The van der Waals surface area contributed by atoms with Crippen LogP contribution in [0, 0.1) is 0 Å². The molecule has 3 nitrogen and oxygen atoms in total. The Morgan fingerprint density at radius 2 is 2.18 bits per heavy atom. The molecule has 2 unspecified atom stereocenters. The van der Waals surface area contributed by atoms with E-state index >= 15 is 0 Å². The summed E-state index contributed by atoms with van der Waals surface area (Å²) >= 11 is 0. The van der Waals surface area contributed by atoms with Crippen LogP contribution in [0.3, 0.4) is 0 Å². The lowest BCUT2D eigenvalue weighted by Gasteiger charge is -2.39. The molecular formula is C14H20N2O. The van der Waals surface area contributed by atoms with E-state index in [4.69, 9.17) is 4.74 Å². The van der Waals surface area contributed by atoms with Crippen molar-refractivity contribution in [3.63, 3.8) is 0 Å². The van der Waals surface area contributed by atoms with Crippen molar-refractivity contribution < 1.29 is 4.74 Å². The second-order valence-corrected chi connectivity index (χ2v) is 5.23. The molecule has 3 heteroatoms. The fourth-order valence-electron chi connectivity index (χ4n) is 2.94. The SMILES string of the molecule is CN1CCC2(C1)NC(c1ccccc1)CCO2. The molecule has 0 saturated carbocycles. The van der Waals surface area contributed by atoms with Crippen molar-refractivity contribution in [2.24, 2.45) is 0 Å². The number of rotatable bonds is 1. The molecule has 0 bridgehead atoms. The third kappa shape index (κ3) is 2.23. The van der Waals surface area contributed by atoms with Gasteiger partial charge in [0.25, 0.3) is 0 Å². The number of nitrogens with zero attached hydrogens (tertiary/aromatic N) is 1. The van der Waals surface area contributed by atoms with E-state index in [1.807, 2.05) is 0 Å². The summed E-state index contributed by atoms with van der Waals surface area (Å²) in [6.07, 6.45) is 2.16. The second kappa shape index (κ2) is 4.41. The lowest BCUT2D eigenvalue weighted by molar-refractivity contribution is -0.101. The first-order valence-electron chi connectivity index (χ1n) is 6.43. The van der Waals surface area contributed by atoms with E-state index in [1.165, 1.54) is 5.56 Å². The van der Waals surface area contributed by atoms with Gasteiger partial charge in [0.1, 0.15) is 5.72 Å². The van der Waals surface area contributed by atoms with Crippen molar-refractivity contribution in [2.45, 2.75) is 24.6 Å². The zero-order valence-corrected chi connectivity index (χ0v) is 10.4. The minimum absolute atomic E-state index is 0.104. The van der Waals surface area contributed by atoms with Gasteiger partial charge in [0, 0.05) is 25.6 Å². The van der Waals surface area contributed by atoms with Crippen molar-refractivity contribution in [3.05, 3.63) is 35.9 Å². The molecule has 17 heavy (non-hydrogen) atoms. The lowest BCUT2D eigenvalue weighted by Crippen LogP contribution is -2.54. The van der Waals surface area contributed by atoms with Gasteiger partial charge in [0.15, 0.2) is 0 Å². The van der Waals surface area contributed by atoms with Crippen LogP contribution >= 0.6 is 0 Å². The normalized spacial score (nSPS) is 34.3. The number of ether oxygens (including phenoxy) is 1. The van der Waals surface area contributed by atoms with Crippen molar-refractivity contribution in [1.82, 2.24) is 10.2 Å². The predicted molar refractivity (Wildman–Crippen MR) is 67.7 cm³/mol. The molecule has 2 atom stereocenters. The fraction of sp³-hybridized carbons (Fsp3) is 0.571. The van der Waals surface area contributed by atoms with Crippen LogP contribution in [0.4, 0.5) is 0 Å². The highest BCUT2D eigenvalue weighted by Crippen LogP contribution is 2.31. The van der Waals surface area contributed by atoms with E-state index in [0.29, 0.717) is 6.04 Å². The molecule has 2 fully saturated rings. The van der Waals surface area contributed by atoms with Gasteiger partial charge >= 0.3 is 0 Å². The Morgan fingerprint density at radius 3 is 2.88 bits per heavy atom. The molecular weight excluding hydrogens is 212 g/mol. The molecule has 1 aromatic rings. The summed E-state index contributed by atoms with van der Waals surface area (Å²) in [6.45, 7) is 2.98. The summed E-state index contributed by atoms with van der Waals surface area (Å²) < 4.78 is 6.00. The second-order valence-electron chi connectivity index (χ2n) is 5.23. The van der Waals surface area contributed by atoms with Crippen LogP contribution in [0.5, 0.6) is 0 Å². The molecule has 0 aromatic heterocycles. The summed E-state index contributed by atoms with van der Waals surface area (Å²) in [7, 11) is 2.16. The van der Waals surface area contributed by atoms with E-state index < -0.39 is 0 Å². The average molecular weight is 232 g/mol. The molecule has 0 aliphatic carbocycles. The summed E-state index contributed by atoms with van der Waals surface area (Å²) in [5.41, 5.74) is 1.28. The summed E-state index contributed by atoms with van der Waals surface area (Å²) in [4.78, 5) is 2.33. The van der Waals surface area contributed by atoms with Gasteiger partial charge in [-0.2, -0.15) is 0 Å². The van der Waals surface area contributed by atoms with E-state index in [-0.39, 0.29) is 5.72 Å². The Labute approximate surface area is 103 Å². The lowest BCUT2D eigenvalue weighted by atomic mass is 9.99. The van der Waals surface area contributed by atoms with Crippen LogP contribution in [0.15, 0.2) is 30.3 Å². The highest BCUT2D eigenvalue weighted by atomic mass is 16.5. The van der Waals surface area contributed by atoms with E-state index in [2.05, 4.69) is 47.6 Å². The van der Waals surface area contributed by atoms with Gasteiger partial charge in [-0.05, 0) is 19.0 Å². The van der Waals surface area contributed by atoms with Gasteiger partial charge in [-0.25, -0.2) is 0 Å². The molecule has 0 amide bonds. The molecule has 2 aliphatic rings. The molecule has 1 aromatic carbocycles. The molecule has 2 heterocycles. The topological polar surface area (TPSA) is 24.5 Å². The van der Waals surface area contributed by atoms with Gasteiger partial charge in [-0.3, -0.25) is 5.32 Å². The van der Waals surface area contributed by atoms with Gasteiger partial charge in [0.05, 0.1) is 6.61 Å². The minimum Gasteiger partial charge on any atom is -0.359 e. The standard InChI is InChI=1S/C14H20N2O/c1-16-9-8-14(11-16)15-13(7-10-17-14)12-5-3-2-4-6-12/h2-6,13,15H,7-11H2,1H3. The number of hydrogen-bond donors (Lipinski definition) is 1. The van der Waals surface area contributed by atoms with Gasteiger partial charge in [-0.15, -0.1) is 0 Å². The number of hydrogen-bond acceptors (Lipinski definition) is 3. The van der Waals surface area contributed by atoms with E-state index in [1.54, 1.807) is 0 Å². The Kier molecular flexibility index (Phi) is 2.90. The molecule has 1 spiro atoms. The zero-order chi connectivity index (χ0) is 11.7. The van der Waals surface area contributed by atoms with E-state index in [9.17, 15) is 0 Å². The molecule has 3 rings (SSSR count). The monoisotopic (exact) mass is 232 g/mol. The van der Waals surface area contributed by atoms with Crippen molar-refractivity contribution in [2.75, 3.05) is 26.7 Å². The van der Waals surface area contributed by atoms with Crippen LogP contribution in [0.25, 0.3) is 0 Å².